The van der Waals surface area contributed by atoms with Crippen LogP contribution < -0.4 is 0 Å². The largest absolute Gasteiger partial charge is 0.507 e. The maximum Gasteiger partial charge on any atom is 0.128 e. The lowest BCUT2D eigenvalue weighted by Crippen LogP contribution is -2.02. The van der Waals surface area contributed by atoms with Gasteiger partial charge in [0.05, 0.1) is 7.14 Å². The van der Waals surface area contributed by atoms with Crippen molar-refractivity contribution < 1.29 is 10.2 Å². The summed E-state index contributed by atoms with van der Waals surface area (Å²) in [5.41, 5.74) is 2.47. The summed E-state index contributed by atoms with van der Waals surface area (Å²) in [7, 11) is 0. The van der Waals surface area contributed by atoms with Crippen molar-refractivity contribution in [2.45, 2.75) is 64.2 Å². The molecule has 0 fully saturated rings. The van der Waals surface area contributed by atoms with E-state index >= 15 is 0 Å². The minimum atomic E-state index is 0.300. The predicted molar refractivity (Wildman–Crippen MR) is 126 cm³/mol. The van der Waals surface area contributed by atoms with Crippen molar-refractivity contribution in [3.05, 3.63) is 54.7 Å². The van der Waals surface area contributed by atoms with Crippen LogP contribution >= 0.6 is 45.2 Å². The molecule has 0 heterocycles. The van der Waals surface area contributed by atoms with Gasteiger partial charge in [0.25, 0.3) is 0 Å². The molecule has 26 heavy (non-hydrogen) atoms. The molecule has 2 aromatic carbocycles. The quantitative estimate of drug-likeness (QED) is 0.226. The molecule has 0 spiro atoms. The van der Waals surface area contributed by atoms with E-state index in [2.05, 4.69) is 64.2 Å². The Labute approximate surface area is 184 Å². The third-order valence-electron chi connectivity index (χ3n) is 4.84. The molecule has 0 amide bonds. The van der Waals surface area contributed by atoms with Crippen molar-refractivity contribution in [1.82, 2.24) is 0 Å². The van der Waals surface area contributed by atoms with E-state index in [1.807, 2.05) is 12.1 Å². The predicted octanol–water partition coefficient (Wildman–Crippen LogP) is 7.58. The third-order valence-corrected chi connectivity index (χ3v) is 6.57. The van der Waals surface area contributed by atoms with Crippen LogP contribution in [0.2, 0.25) is 0 Å². The fraction of sp³-hybridized carbons (Fsp3) is 0.455. The van der Waals surface area contributed by atoms with Crippen molar-refractivity contribution >= 4 is 45.2 Å². The van der Waals surface area contributed by atoms with Gasteiger partial charge in [0.2, 0.25) is 0 Å². The summed E-state index contributed by atoms with van der Waals surface area (Å²) in [6.07, 6.45) is 10.2. The van der Waals surface area contributed by atoms with Gasteiger partial charge in [-0.15, -0.1) is 0 Å². The van der Waals surface area contributed by atoms with Crippen molar-refractivity contribution in [2.24, 2.45) is 0 Å². The van der Waals surface area contributed by atoms with E-state index < -0.39 is 0 Å². The Morgan fingerprint density at radius 2 is 1.19 bits per heavy atom. The van der Waals surface area contributed by atoms with Gasteiger partial charge in [-0.25, -0.2) is 0 Å². The van der Waals surface area contributed by atoms with Crippen LogP contribution in [-0.4, -0.2) is 10.2 Å². The zero-order valence-corrected chi connectivity index (χ0v) is 19.7. The van der Waals surface area contributed by atoms with Crippen LogP contribution in [0.1, 0.15) is 75.3 Å². The minimum absolute atomic E-state index is 0.300. The molecule has 0 radical (unpaired) electrons. The maximum atomic E-state index is 9.85. The van der Waals surface area contributed by atoms with Crippen LogP contribution in [0.15, 0.2) is 36.4 Å². The van der Waals surface area contributed by atoms with E-state index in [-0.39, 0.29) is 0 Å². The molecule has 0 aliphatic heterocycles. The van der Waals surface area contributed by atoms with Crippen LogP contribution in [0, 0.1) is 7.14 Å². The average molecular weight is 578 g/mol. The lowest BCUT2D eigenvalue weighted by Gasteiger charge is -2.19. The number of unbranched alkanes of at least 4 members (excludes halogenated alkanes) is 6. The van der Waals surface area contributed by atoms with Crippen LogP contribution in [0.4, 0.5) is 0 Å². The molecule has 2 N–H and O–H groups in total. The minimum Gasteiger partial charge on any atom is -0.507 e. The number of benzene rings is 2. The Bertz CT molecular complexity index is 649. The number of hydrogen-bond acceptors (Lipinski definition) is 2. The summed E-state index contributed by atoms with van der Waals surface area (Å²) >= 11 is 4.37. The molecule has 142 valence electrons. The number of hydrogen-bond donors (Lipinski definition) is 2. The Balaban J connectivity index is 2.08. The van der Waals surface area contributed by atoms with E-state index in [9.17, 15) is 10.2 Å². The van der Waals surface area contributed by atoms with Crippen molar-refractivity contribution in [3.63, 3.8) is 0 Å². The summed E-state index contributed by atoms with van der Waals surface area (Å²) in [4.78, 5) is 0. The molecular weight excluding hydrogens is 550 g/mol. The summed E-state index contributed by atoms with van der Waals surface area (Å²) in [5, 5.41) is 19.7. The lowest BCUT2D eigenvalue weighted by molar-refractivity contribution is 0.470. The Hall–Kier alpha value is -0.500. The number of rotatable bonds is 10. The number of phenols is 2. The first kappa shape index (κ1) is 21.8. The second kappa shape index (κ2) is 11.4. The molecular formula is C22H28I2O2. The van der Waals surface area contributed by atoms with Crippen molar-refractivity contribution in [3.8, 4) is 11.5 Å². The molecule has 0 unspecified atom stereocenters. The van der Waals surface area contributed by atoms with Gasteiger partial charge in [0, 0.05) is 5.92 Å². The Morgan fingerprint density at radius 3 is 1.65 bits per heavy atom. The third kappa shape index (κ3) is 6.59. The summed E-state index contributed by atoms with van der Waals surface area (Å²) in [5.74, 6) is 0.975. The highest BCUT2D eigenvalue weighted by molar-refractivity contribution is 14.1. The summed E-state index contributed by atoms with van der Waals surface area (Å²) < 4.78 is 1.77. The van der Waals surface area contributed by atoms with Crippen LogP contribution in [0.5, 0.6) is 11.5 Å². The average Bonchev–Trinajstić information content (AvgIpc) is 2.62. The van der Waals surface area contributed by atoms with Gasteiger partial charge in [-0.3, -0.25) is 0 Å². The zero-order valence-electron chi connectivity index (χ0n) is 15.3. The van der Waals surface area contributed by atoms with Crippen LogP contribution in [0.25, 0.3) is 0 Å². The SMILES string of the molecule is CCCCCCCCCC(c1ccc(O)c(I)c1)c1ccc(O)c(I)c1. The topological polar surface area (TPSA) is 40.5 Å². The number of phenolic OH excluding ortho intramolecular Hbond substituents is 2. The molecule has 0 aliphatic rings. The summed E-state index contributed by atoms with van der Waals surface area (Å²) in [6.45, 7) is 2.25. The fourth-order valence-electron chi connectivity index (χ4n) is 3.31. The number of halogens is 2. The second-order valence-electron chi connectivity index (χ2n) is 6.88. The van der Waals surface area contributed by atoms with E-state index in [0.29, 0.717) is 17.4 Å². The van der Waals surface area contributed by atoms with Gasteiger partial charge < -0.3 is 10.2 Å². The maximum absolute atomic E-state index is 9.85. The van der Waals surface area contributed by atoms with Gasteiger partial charge in [0.15, 0.2) is 0 Å². The normalized spacial score (nSPS) is 11.2. The van der Waals surface area contributed by atoms with E-state index in [1.165, 1.54) is 56.1 Å². The van der Waals surface area contributed by atoms with Gasteiger partial charge in [0.1, 0.15) is 11.5 Å². The highest BCUT2D eigenvalue weighted by atomic mass is 127. The van der Waals surface area contributed by atoms with Gasteiger partial charge >= 0.3 is 0 Å². The van der Waals surface area contributed by atoms with Crippen LogP contribution in [0.3, 0.4) is 0 Å². The molecule has 2 aromatic rings. The molecule has 0 aliphatic carbocycles. The second-order valence-corrected chi connectivity index (χ2v) is 9.21. The molecule has 0 saturated heterocycles. The van der Waals surface area contributed by atoms with Crippen molar-refractivity contribution in [2.75, 3.05) is 0 Å². The van der Waals surface area contributed by atoms with Gasteiger partial charge in [-0.2, -0.15) is 0 Å². The first-order valence-corrected chi connectivity index (χ1v) is 11.7. The Morgan fingerprint density at radius 1 is 0.731 bits per heavy atom. The molecule has 2 rings (SSSR count). The highest BCUT2D eigenvalue weighted by Gasteiger charge is 2.16. The van der Waals surface area contributed by atoms with Crippen LogP contribution in [-0.2, 0) is 0 Å². The fourth-order valence-corrected chi connectivity index (χ4v) is 4.39. The smallest absolute Gasteiger partial charge is 0.128 e. The summed E-state index contributed by atoms with van der Waals surface area (Å²) in [6, 6.07) is 11.8. The molecule has 4 heteroatoms. The molecule has 2 nitrogen and oxygen atoms in total. The molecule has 0 saturated carbocycles. The standard InChI is InChI=1S/C22H28I2O2/c1-2-3-4-5-6-7-8-9-18(16-10-12-21(25)19(23)14-16)17-11-13-22(26)20(24)15-17/h10-15,18,25-26H,2-9H2,1H3. The van der Waals surface area contributed by atoms with Gasteiger partial charge in [-0.1, -0.05) is 64.0 Å². The zero-order chi connectivity index (χ0) is 18.9. The van der Waals surface area contributed by atoms with Crippen molar-refractivity contribution in [1.29, 1.82) is 0 Å². The lowest BCUT2D eigenvalue weighted by atomic mass is 9.86. The number of aromatic hydroxyl groups is 2. The Kier molecular flexibility index (Phi) is 9.53. The van der Waals surface area contributed by atoms with E-state index in [4.69, 9.17) is 0 Å². The molecule has 0 atom stereocenters. The molecule has 0 bridgehead atoms. The van der Waals surface area contributed by atoms with E-state index in [1.54, 1.807) is 12.1 Å². The van der Waals surface area contributed by atoms with Gasteiger partial charge in [-0.05, 0) is 87.0 Å². The molecule has 0 aromatic heterocycles. The first-order valence-electron chi connectivity index (χ1n) is 9.49. The monoisotopic (exact) mass is 578 g/mol. The highest BCUT2D eigenvalue weighted by Crippen LogP contribution is 2.35. The van der Waals surface area contributed by atoms with E-state index in [0.717, 1.165) is 13.6 Å². The first-order chi connectivity index (χ1) is 12.5.